The number of nitrogens with one attached hydrogen (secondary N) is 1. The number of amidine groups is 1. The highest BCUT2D eigenvalue weighted by molar-refractivity contribution is 7.13. The number of nitrogens with two attached hydrogens (primary N) is 1. The number of hydrogen-bond acceptors (Lipinski definition) is 10. The summed E-state index contributed by atoms with van der Waals surface area (Å²) >= 11 is 1.10. The van der Waals surface area contributed by atoms with Gasteiger partial charge < -0.3 is 30.9 Å². The van der Waals surface area contributed by atoms with E-state index in [0.717, 1.165) is 17.4 Å². The molecule has 0 aliphatic rings. The van der Waals surface area contributed by atoms with Crippen molar-refractivity contribution in [3.8, 4) is 5.75 Å². The zero-order chi connectivity index (χ0) is 40.0. The van der Waals surface area contributed by atoms with Crippen LogP contribution in [0.3, 0.4) is 0 Å². The highest BCUT2D eigenvalue weighted by Gasteiger charge is 2.39. The number of hydrogen-bond donors (Lipinski definition) is 6. The summed E-state index contributed by atoms with van der Waals surface area (Å²) in [5, 5.41) is 39.9. The topological polar surface area (TPSA) is 246 Å². The fraction of sp³-hybridized carbons (Fsp3) is 0.414. The number of carboxylic acid groups (broad SMARTS) is 4. The van der Waals surface area contributed by atoms with Gasteiger partial charge in [0.15, 0.2) is 17.3 Å². The van der Waals surface area contributed by atoms with Gasteiger partial charge in [-0.1, -0.05) is 13.8 Å². The number of thiophene rings is 1. The molecule has 0 aliphatic heterocycles. The number of alkyl halides is 6. The molecule has 0 aliphatic carbocycles. The number of rotatable bonds is 14. The second-order valence-electron chi connectivity index (χ2n) is 10.7. The van der Waals surface area contributed by atoms with E-state index in [0.29, 0.717) is 11.3 Å². The number of carbonyl (C=O) groups is 6. The molecule has 0 unspecified atom stereocenters. The van der Waals surface area contributed by atoms with Gasteiger partial charge >= 0.3 is 42.2 Å². The number of halogens is 7. The van der Waals surface area contributed by atoms with Gasteiger partial charge in [-0.3, -0.25) is 24.7 Å². The zero-order valence-corrected chi connectivity index (χ0v) is 27.5. The smallest absolute Gasteiger partial charge is 0.481 e. The van der Waals surface area contributed by atoms with Crippen LogP contribution in [0.2, 0.25) is 0 Å². The van der Waals surface area contributed by atoms with Crippen molar-refractivity contribution < 1.29 is 84.7 Å². The van der Waals surface area contributed by atoms with Crippen molar-refractivity contribution >= 4 is 52.8 Å². The van der Waals surface area contributed by atoms with Gasteiger partial charge in [0.25, 0.3) is 0 Å². The molecule has 284 valence electrons. The number of ketones is 1. The molecule has 0 bridgehead atoms. The molecule has 1 aromatic carbocycles. The van der Waals surface area contributed by atoms with Crippen LogP contribution in [0, 0.1) is 23.1 Å². The molecule has 0 amide bonds. The monoisotopic (exact) mass is 763 g/mol. The summed E-state index contributed by atoms with van der Waals surface area (Å²) < 4.78 is 82.8. The molecule has 0 saturated heterocycles. The average molecular weight is 764 g/mol. The van der Waals surface area contributed by atoms with Gasteiger partial charge in [0.1, 0.15) is 10.7 Å². The quantitative estimate of drug-likeness (QED) is 0.0506. The standard InChI is InChI=1S/C25H30FN3O7S.2C2HF3O2/c1-13(2)8-18(19(30)10-15(24(33)34)11-22(31)32)29(3)12-16-5-7-21(37-16)25(35)36-20-6-4-14(23(27)28)9-17(20)26;2*3-2(4,5)1(6)7/h4-7,9,13,15,18H,8,10-12H2,1-3H3,(H3,27,28)(H,31,32)(H,33,34);2*(H,6,7)/t15-,18-;;/m0../s1. The molecule has 1 heterocycles. The number of carbonyl (C=O) groups excluding carboxylic acids is 2. The number of carboxylic acids is 4. The molecule has 7 N–H and O–H groups in total. The van der Waals surface area contributed by atoms with E-state index >= 15 is 0 Å². The van der Waals surface area contributed by atoms with Crippen molar-refractivity contribution in [3.63, 3.8) is 0 Å². The number of likely N-dealkylation sites (N-methyl/N-ethyl adjacent to an activating group) is 1. The van der Waals surface area contributed by atoms with Crippen LogP contribution in [-0.2, 0) is 30.5 Å². The molecule has 2 atom stereocenters. The minimum absolute atomic E-state index is 0.109. The number of nitrogens with zero attached hydrogens (tertiary/aromatic N) is 1. The average Bonchev–Trinajstić information content (AvgIpc) is 3.44. The number of benzene rings is 1. The van der Waals surface area contributed by atoms with Gasteiger partial charge in [-0.15, -0.1) is 11.3 Å². The summed E-state index contributed by atoms with van der Waals surface area (Å²) in [5.74, 6) is -12.0. The van der Waals surface area contributed by atoms with Crippen LogP contribution in [0.5, 0.6) is 5.75 Å². The van der Waals surface area contributed by atoms with Gasteiger partial charge in [-0.25, -0.2) is 18.8 Å². The summed E-state index contributed by atoms with van der Waals surface area (Å²) in [6.07, 6.45) is -10.8. The highest BCUT2D eigenvalue weighted by Crippen LogP contribution is 2.25. The molecule has 1 aromatic heterocycles. The Balaban J connectivity index is 0.00000149. The summed E-state index contributed by atoms with van der Waals surface area (Å²) in [7, 11) is 1.70. The molecular weight excluding hydrogens is 731 g/mol. The first kappa shape index (κ1) is 45.9. The van der Waals surface area contributed by atoms with Gasteiger partial charge in [0, 0.05) is 23.4 Å². The van der Waals surface area contributed by atoms with Gasteiger partial charge in [0.05, 0.1) is 18.4 Å². The van der Waals surface area contributed by atoms with Crippen LogP contribution < -0.4 is 10.5 Å². The van der Waals surface area contributed by atoms with E-state index in [1.165, 1.54) is 18.2 Å². The number of nitrogen functional groups attached to an aromatic ring is 1. The Labute approximate surface area is 287 Å². The lowest BCUT2D eigenvalue weighted by Gasteiger charge is -2.28. The largest absolute Gasteiger partial charge is 0.490 e. The molecule has 0 spiro atoms. The maximum Gasteiger partial charge on any atom is 0.490 e. The maximum absolute atomic E-state index is 14.2. The minimum Gasteiger partial charge on any atom is -0.481 e. The van der Waals surface area contributed by atoms with E-state index in [1.807, 2.05) is 13.8 Å². The van der Waals surface area contributed by atoms with E-state index < -0.39 is 72.8 Å². The van der Waals surface area contributed by atoms with Crippen LogP contribution >= 0.6 is 11.3 Å². The van der Waals surface area contributed by atoms with Crippen molar-refractivity contribution in [1.29, 1.82) is 5.41 Å². The van der Waals surface area contributed by atoms with Gasteiger partial charge in [0.2, 0.25) is 0 Å². The van der Waals surface area contributed by atoms with Crippen molar-refractivity contribution in [3.05, 3.63) is 51.5 Å². The van der Waals surface area contributed by atoms with E-state index in [2.05, 4.69) is 0 Å². The number of aliphatic carboxylic acids is 4. The maximum atomic E-state index is 14.2. The van der Waals surface area contributed by atoms with Crippen molar-refractivity contribution in [2.75, 3.05) is 7.05 Å². The van der Waals surface area contributed by atoms with Crippen molar-refractivity contribution in [2.45, 2.75) is 58.0 Å². The molecule has 2 aromatic rings. The van der Waals surface area contributed by atoms with Gasteiger partial charge in [-0.05, 0) is 49.7 Å². The molecule has 14 nitrogen and oxygen atoms in total. The molecule has 0 radical (unpaired) electrons. The third-order valence-corrected chi connectivity index (χ3v) is 7.06. The first-order valence-corrected chi connectivity index (χ1v) is 14.7. The molecule has 0 fully saturated rings. The Morgan fingerprint density at radius 3 is 1.80 bits per heavy atom. The lowest BCUT2D eigenvalue weighted by molar-refractivity contribution is -0.193. The van der Waals surface area contributed by atoms with Crippen LogP contribution in [0.1, 0.15) is 53.2 Å². The Kier molecular flexibility index (Phi) is 17.9. The first-order valence-electron chi connectivity index (χ1n) is 13.9. The molecule has 0 saturated carbocycles. The number of esters is 1. The lowest BCUT2D eigenvalue weighted by atomic mass is 9.91. The van der Waals surface area contributed by atoms with Crippen LogP contribution in [-0.4, -0.2) is 92.2 Å². The summed E-state index contributed by atoms with van der Waals surface area (Å²) in [6.45, 7) is 4.10. The minimum atomic E-state index is -5.08. The predicted molar refractivity (Wildman–Crippen MR) is 162 cm³/mol. The summed E-state index contributed by atoms with van der Waals surface area (Å²) in [5.41, 5.74) is 5.48. The Morgan fingerprint density at radius 2 is 1.41 bits per heavy atom. The third kappa shape index (κ3) is 17.4. The normalized spacial score (nSPS) is 12.4. The second kappa shape index (κ2) is 19.9. The van der Waals surface area contributed by atoms with E-state index in [9.17, 15) is 55.0 Å². The first-order chi connectivity index (χ1) is 23.2. The molecular formula is C29H32F7N3O11S. The zero-order valence-electron chi connectivity index (χ0n) is 26.7. The Hall–Kier alpha value is -5.12. The summed E-state index contributed by atoms with van der Waals surface area (Å²) in [4.78, 5) is 68.4. The van der Waals surface area contributed by atoms with Gasteiger partial charge in [-0.2, -0.15) is 26.3 Å². The van der Waals surface area contributed by atoms with E-state index in [-0.39, 0.29) is 40.3 Å². The Bertz CT molecular complexity index is 1550. The third-order valence-electron chi connectivity index (χ3n) is 6.01. The fourth-order valence-corrected chi connectivity index (χ4v) is 4.62. The molecule has 22 heteroatoms. The Morgan fingerprint density at radius 1 is 0.902 bits per heavy atom. The second-order valence-corrected chi connectivity index (χ2v) is 11.9. The highest BCUT2D eigenvalue weighted by atomic mass is 32.1. The number of Topliss-reactive ketones (excluding diaryl/α,β-unsaturated/α-hetero) is 1. The van der Waals surface area contributed by atoms with E-state index in [1.54, 1.807) is 18.0 Å². The molecule has 51 heavy (non-hydrogen) atoms. The molecule has 2 rings (SSSR count). The predicted octanol–water partition coefficient (Wildman–Crippen LogP) is 4.64. The van der Waals surface area contributed by atoms with Crippen molar-refractivity contribution in [2.24, 2.45) is 17.6 Å². The number of ether oxygens (including phenoxy) is 1. The van der Waals surface area contributed by atoms with Crippen LogP contribution in [0.4, 0.5) is 30.7 Å². The lowest BCUT2D eigenvalue weighted by Crippen LogP contribution is -2.40. The van der Waals surface area contributed by atoms with Crippen LogP contribution in [0.15, 0.2) is 30.3 Å². The van der Waals surface area contributed by atoms with Crippen LogP contribution in [0.25, 0.3) is 0 Å². The summed E-state index contributed by atoms with van der Waals surface area (Å²) in [6, 6.07) is 6.11. The van der Waals surface area contributed by atoms with Crippen molar-refractivity contribution in [1.82, 2.24) is 4.90 Å². The fourth-order valence-electron chi connectivity index (χ4n) is 3.67. The SMILES string of the molecule is CC(C)C[C@@H](C(=O)C[C@@H](CC(=O)O)C(=O)O)N(C)Cc1ccc(C(=O)Oc2ccc(C(=N)N)cc2F)s1.O=C(O)C(F)(F)F.O=C(O)C(F)(F)F. The van der Waals surface area contributed by atoms with E-state index in [4.69, 9.17) is 40.8 Å².